The molecule has 0 saturated carbocycles. The predicted octanol–water partition coefficient (Wildman–Crippen LogP) is 2.73. The summed E-state index contributed by atoms with van der Waals surface area (Å²) in [6.07, 6.45) is 6.04. The van der Waals surface area contributed by atoms with E-state index in [-0.39, 0.29) is 5.41 Å². The maximum Gasteiger partial charge on any atom is 0.0683 e. The minimum absolute atomic E-state index is 0.141. The summed E-state index contributed by atoms with van der Waals surface area (Å²) in [6, 6.07) is 3.16. The fourth-order valence-corrected chi connectivity index (χ4v) is 2.62. The van der Waals surface area contributed by atoms with Crippen LogP contribution in [0.5, 0.6) is 0 Å². The lowest BCUT2D eigenvalue weighted by Gasteiger charge is -2.35. The predicted molar refractivity (Wildman–Crippen MR) is 76.4 cm³/mol. The molecule has 0 spiro atoms. The van der Waals surface area contributed by atoms with E-state index < -0.39 is 0 Å². The van der Waals surface area contributed by atoms with Crippen LogP contribution in [-0.2, 0) is 0 Å². The third-order valence-electron chi connectivity index (χ3n) is 4.12. The van der Waals surface area contributed by atoms with Gasteiger partial charge >= 0.3 is 0 Å². The van der Waals surface area contributed by atoms with Crippen LogP contribution >= 0.6 is 0 Å². The number of unbranched alkanes of at least 4 members (excludes halogenated alkanes) is 1. The summed E-state index contributed by atoms with van der Waals surface area (Å²) in [6.45, 7) is 7.77. The fraction of sp³-hybridized carbons (Fsp3) is 0.933. The summed E-state index contributed by atoms with van der Waals surface area (Å²) in [5, 5.41) is 8.96. The van der Waals surface area contributed by atoms with Crippen LogP contribution in [0.25, 0.3) is 0 Å². The lowest BCUT2D eigenvalue weighted by molar-refractivity contribution is 0.142. The summed E-state index contributed by atoms with van der Waals surface area (Å²) < 4.78 is 0. The smallest absolute Gasteiger partial charge is 0.0683 e. The summed E-state index contributed by atoms with van der Waals surface area (Å²) in [7, 11) is 4.37. The second kappa shape index (κ2) is 7.11. The van der Waals surface area contributed by atoms with Crippen molar-refractivity contribution < 1.29 is 0 Å². The van der Waals surface area contributed by atoms with Crippen LogP contribution in [0.2, 0.25) is 0 Å². The molecule has 0 unspecified atom stereocenters. The molecule has 0 atom stereocenters. The van der Waals surface area contributed by atoms with Crippen molar-refractivity contribution in [2.24, 2.45) is 5.41 Å². The molecule has 0 amide bonds. The van der Waals surface area contributed by atoms with Gasteiger partial charge in [0.15, 0.2) is 0 Å². The van der Waals surface area contributed by atoms with Crippen LogP contribution in [0.4, 0.5) is 0 Å². The highest BCUT2D eigenvalue weighted by Crippen LogP contribution is 2.22. The van der Waals surface area contributed by atoms with Crippen LogP contribution < -0.4 is 0 Å². The second-order valence-corrected chi connectivity index (χ2v) is 6.49. The first-order chi connectivity index (χ1) is 8.44. The van der Waals surface area contributed by atoms with Crippen LogP contribution in [-0.4, -0.2) is 49.6 Å². The molecule has 1 aliphatic heterocycles. The Balaban J connectivity index is 2.10. The van der Waals surface area contributed by atoms with Gasteiger partial charge in [-0.15, -0.1) is 0 Å². The average Bonchev–Trinajstić information content (AvgIpc) is 2.35. The van der Waals surface area contributed by atoms with Gasteiger partial charge in [-0.1, -0.05) is 6.42 Å². The van der Waals surface area contributed by atoms with Crippen molar-refractivity contribution in [3.8, 4) is 6.07 Å². The number of nitriles is 1. The lowest BCUT2D eigenvalue weighted by Crippen LogP contribution is -2.42. The van der Waals surface area contributed by atoms with E-state index in [2.05, 4.69) is 30.0 Å². The van der Waals surface area contributed by atoms with Gasteiger partial charge in [0.05, 0.1) is 11.5 Å². The standard InChI is InChI=1S/C15H29N3/c1-15(2,13-16)9-5-6-10-18-11-7-14(8-12-18)17(3)4/h14H,5-12H2,1-4H3. The zero-order valence-electron chi connectivity index (χ0n) is 12.6. The lowest BCUT2D eigenvalue weighted by atomic mass is 9.89. The molecule has 0 N–H and O–H groups in total. The monoisotopic (exact) mass is 251 g/mol. The van der Waals surface area contributed by atoms with Gasteiger partial charge in [-0.05, 0) is 73.3 Å². The minimum atomic E-state index is -0.141. The third-order valence-corrected chi connectivity index (χ3v) is 4.12. The molecule has 0 aromatic carbocycles. The quantitative estimate of drug-likeness (QED) is 0.680. The first-order valence-electron chi connectivity index (χ1n) is 7.24. The molecule has 0 aromatic rings. The highest BCUT2D eigenvalue weighted by atomic mass is 15.2. The number of rotatable bonds is 6. The zero-order valence-corrected chi connectivity index (χ0v) is 12.6. The maximum atomic E-state index is 8.96. The SMILES string of the molecule is CN(C)C1CCN(CCCCC(C)(C)C#N)CC1. The molecule has 1 aliphatic rings. The highest BCUT2D eigenvalue weighted by Gasteiger charge is 2.20. The van der Waals surface area contributed by atoms with Gasteiger partial charge < -0.3 is 9.80 Å². The Bertz CT molecular complexity index is 270. The Morgan fingerprint density at radius 2 is 1.83 bits per heavy atom. The average molecular weight is 251 g/mol. The topological polar surface area (TPSA) is 30.3 Å². The molecule has 1 saturated heterocycles. The van der Waals surface area contributed by atoms with Gasteiger partial charge in [-0.25, -0.2) is 0 Å². The molecule has 0 bridgehead atoms. The van der Waals surface area contributed by atoms with E-state index in [9.17, 15) is 0 Å². The summed E-state index contributed by atoms with van der Waals surface area (Å²) in [5.41, 5.74) is -0.141. The molecular weight excluding hydrogens is 222 g/mol. The van der Waals surface area contributed by atoms with Crippen molar-refractivity contribution >= 4 is 0 Å². The summed E-state index contributed by atoms with van der Waals surface area (Å²) in [4.78, 5) is 4.94. The second-order valence-electron chi connectivity index (χ2n) is 6.49. The molecule has 1 rings (SSSR count). The van der Waals surface area contributed by atoms with Crippen LogP contribution in [0.3, 0.4) is 0 Å². The molecular formula is C15H29N3. The van der Waals surface area contributed by atoms with E-state index in [1.807, 2.05) is 13.8 Å². The third kappa shape index (κ3) is 5.37. The normalized spacial score (nSPS) is 19.1. The van der Waals surface area contributed by atoms with Crippen LogP contribution in [0.1, 0.15) is 46.0 Å². The van der Waals surface area contributed by atoms with Crippen LogP contribution in [0.15, 0.2) is 0 Å². The number of piperidine rings is 1. The Morgan fingerprint density at radius 1 is 1.22 bits per heavy atom. The van der Waals surface area contributed by atoms with E-state index in [0.29, 0.717) is 0 Å². The van der Waals surface area contributed by atoms with Crippen LogP contribution in [0, 0.1) is 16.7 Å². The van der Waals surface area contributed by atoms with Crippen molar-refractivity contribution in [3.63, 3.8) is 0 Å². The minimum Gasteiger partial charge on any atom is -0.306 e. The van der Waals surface area contributed by atoms with Gasteiger partial charge in [0, 0.05) is 6.04 Å². The first kappa shape index (κ1) is 15.5. The molecule has 104 valence electrons. The van der Waals surface area contributed by atoms with Crippen molar-refractivity contribution in [3.05, 3.63) is 0 Å². The molecule has 1 heterocycles. The number of hydrogen-bond donors (Lipinski definition) is 0. The molecule has 0 aliphatic carbocycles. The van der Waals surface area contributed by atoms with E-state index >= 15 is 0 Å². The number of hydrogen-bond acceptors (Lipinski definition) is 3. The van der Waals surface area contributed by atoms with Crippen molar-refractivity contribution in [2.75, 3.05) is 33.7 Å². The van der Waals surface area contributed by atoms with Crippen molar-refractivity contribution in [1.29, 1.82) is 5.26 Å². The Morgan fingerprint density at radius 3 is 2.33 bits per heavy atom. The van der Waals surface area contributed by atoms with Crippen molar-refractivity contribution in [1.82, 2.24) is 9.80 Å². The van der Waals surface area contributed by atoms with Gasteiger partial charge in [-0.3, -0.25) is 0 Å². The van der Waals surface area contributed by atoms with E-state index in [1.165, 1.54) is 45.3 Å². The van der Waals surface area contributed by atoms with Crippen molar-refractivity contribution in [2.45, 2.75) is 52.0 Å². The maximum absolute atomic E-state index is 8.96. The largest absolute Gasteiger partial charge is 0.306 e. The Kier molecular flexibility index (Phi) is 6.11. The zero-order chi connectivity index (χ0) is 13.6. The van der Waals surface area contributed by atoms with Gasteiger partial charge in [0.25, 0.3) is 0 Å². The van der Waals surface area contributed by atoms with Gasteiger partial charge in [-0.2, -0.15) is 5.26 Å². The number of nitrogens with zero attached hydrogens (tertiary/aromatic N) is 3. The van der Waals surface area contributed by atoms with Gasteiger partial charge in [0.2, 0.25) is 0 Å². The molecule has 18 heavy (non-hydrogen) atoms. The first-order valence-corrected chi connectivity index (χ1v) is 7.24. The molecule has 3 heteroatoms. The molecule has 0 radical (unpaired) electrons. The Labute approximate surface area is 113 Å². The summed E-state index contributed by atoms with van der Waals surface area (Å²) in [5.74, 6) is 0. The summed E-state index contributed by atoms with van der Waals surface area (Å²) >= 11 is 0. The Hall–Kier alpha value is -0.590. The van der Waals surface area contributed by atoms with E-state index in [0.717, 1.165) is 12.5 Å². The fourth-order valence-electron chi connectivity index (χ4n) is 2.62. The molecule has 3 nitrogen and oxygen atoms in total. The van der Waals surface area contributed by atoms with E-state index in [4.69, 9.17) is 5.26 Å². The van der Waals surface area contributed by atoms with Gasteiger partial charge in [0.1, 0.15) is 0 Å². The number of likely N-dealkylation sites (tertiary alicyclic amines) is 1. The molecule has 0 aromatic heterocycles. The molecule has 1 fully saturated rings. The van der Waals surface area contributed by atoms with E-state index in [1.54, 1.807) is 0 Å². The highest BCUT2D eigenvalue weighted by molar-refractivity contribution is 4.91.